The zero-order chi connectivity index (χ0) is 14.6. The van der Waals surface area contributed by atoms with Crippen LogP contribution in [0.25, 0.3) is 0 Å². The van der Waals surface area contributed by atoms with Crippen LogP contribution < -0.4 is 9.80 Å². The highest BCUT2D eigenvalue weighted by Crippen LogP contribution is 2.37. The van der Waals surface area contributed by atoms with Crippen molar-refractivity contribution in [3.63, 3.8) is 0 Å². The van der Waals surface area contributed by atoms with Crippen LogP contribution in [0.4, 0.5) is 11.4 Å². The van der Waals surface area contributed by atoms with Gasteiger partial charge in [-0.15, -0.1) is 10.2 Å². The van der Waals surface area contributed by atoms with Crippen molar-refractivity contribution in [3.05, 3.63) is 35.9 Å². The fourth-order valence-corrected chi connectivity index (χ4v) is 2.97. The molecule has 2 aliphatic rings. The second-order valence-electron chi connectivity index (χ2n) is 5.41. The number of likely N-dealkylation sites (N-methyl/N-ethyl adjacent to an activating group) is 1. The van der Waals surface area contributed by atoms with Crippen LogP contribution in [-0.2, 0) is 17.9 Å². The van der Waals surface area contributed by atoms with E-state index in [0.29, 0.717) is 12.1 Å². The summed E-state index contributed by atoms with van der Waals surface area (Å²) in [4.78, 5) is 15.5. The van der Waals surface area contributed by atoms with E-state index in [2.05, 4.69) is 15.1 Å². The number of amides is 1. The number of benzene rings is 1. The number of carbonyl (C=O) groups is 1. The van der Waals surface area contributed by atoms with E-state index in [-0.39, 0.29) is 5.91 Å². The number of carbonyl (C=O) groups excluding carboxylic acids is 1. The van der Waals surface area contributed by atoms with Gasteiger partial charge in [0.05, 0.1) is 12.2 Å². The molecule has 1 aromatic heterocycles. The Morgan fingerprint density at radius 3 is 3.05 bits per heavy atom. The Hall–Kier alpha value is -2.41. The van der Waals surface area contributed by atoms with Gasteiger partial charge in [-0.1, -0.05) is 6.07 Å². The zero-order valence-electron chi connectivity index (χ0n) is 11.6. The Labute approximate surface area is 121 Å². The lowest BCUT2D eigenvalue weighted by Crippen LogP contribution is -2.33. The summed E-state index contributed by atoms with van der Waals surface area (Å²) in [5, 5.41) is 17.9. The number of fused-ring (bicyclic) bond motifs is 2. The van der Waals surface area contributed by atoms with Gasteiger partial charge in [-0.3, -0.25) is 4.79 Å². The first kappa shape index (κ1) is 12.3. The number of aromatic nitrogens is 3. The largest absolute Gasteiger partial charge is 0.378 e. The molecule has 1 amide bonds. The first-order chi connectivity index (χ1) is 10.1. The number of nitrogens with zero attached hydrogens (tertiary/aromatic N) is 5. The monoisotopic (exact) mass is 285 g/mol. The summed E-state index contributed by atoms with van der Waals surface area (Å²) in [6.07, 6.45) is 0.710. The van der Waals surface area contributed by atoms with E-state index in [1.54, 1.807) is 13.4 Å². The molecule has 0 radical (unpaired) electrons. The highest BCUT2D eigenvalue weighted by molar-refractivity contribution is 6.03. The number of aliphatic hydroxyl groups excluding tert-OH is 1. The van der Waals surface area contributed by atoms with Crippen molar-refractivity contribution in [2.24, 2.45) is 0 Å². The molecule has 2 aliphatic heterocycles. The predicted octanol–water partition coefficient (Wildman–Crippen LogP) is 0.308. The summed E-state index contributed by atoms with van der Waals surface area (Å²) in [7, 11) is 1.69. The highest BCUT2D eigenvalue weighted by atomic mass is 16.3. The number of hydrogen-bond acceptors (Lipinski definition) is 5. The van der Waals surface area contributed by atoms with Gasteiger partial charge in [-0.05, 0) is 12.1 Å². The van der Waals surface area contributed by atoms with Crippen LogP contribution in [-0.4, -0.2) is 39.4 Å². The third-order valence-corrected chi connectivity index (χ3v) is 4.24. The smallest absolute Gasteiger partial charge is 0.260 e. The number of hydrogen-bond donors (Lipinski definition) is 1. The van der Waals surface area contributed by atoms with E-state index in [1.165, 1.54) is 4.90 Å². The van der Waals surface area contributed by atoms with E-state index in [0.717, 1.165) is 30.3 Å². The number of aliphatic hydroxyl groups is 1. The maximum atomic E-state index is 11.8. The highest BCUT2D eigenvalue weighted by Gasteiger charge is 2.34. The molecule has 21 heavy (non-hydrogen) atoms. The van der Waals surface area contributed by atoms with Gasteiger partial charge in [-0.25, -0.2) is 0 Å². The summed E-state index contributed by atoms with van der Waals surface area (Å²) in [5.74, 6) is 0.659. The fraction of sp³-hybridized carbons (Fsp3) is 0.357. The zero-order valence-corrected chi connectivity index (χ0v) is 11.6. The Balaban J connectivity index is 1.68. The van der Waals surface area contributed by atoms with Gasteiger partial charge in [0.25, 0.3) is 5.91 Å². The van der Waals surface area contributed by atoms with Crippen LogP contribution in [0.5, 0.6) is 0 Å². The van der Waals surface area contributed by atoms with Crippen molar-refractivity contribution in [2.75, 3.05) is 23.4 Å². The number of anilines is 2. The normalized spacial score (nSPS) is 20.7. The van der Waals surface area contributed by atoms with Crippen LogP contribution in [0.1, 0.15) is 17.5 Å². The third-order valence-electron chi connectivity index (χ3n) is 4.24. The van der Waals surface area contributed by atoms with Crippen molar-refractivity contribution in [1.29, 1.82) is 0 Å². The van der Waals surface area contributed by atoms with Crippen LogP contribution in [0.2, 0.25) is 0 Å². The van der Waals surface area contributed by atoms with E-state index in [1.807, 2.05) is 22.8 Å². The Kier molecular flexibility index (Phi) is 2.52. The topological polar surface area (TPSA) is 74.5 Å². The maximum Gasteiger partial charge on any atom is 0.260 e. The van der Waals surface area contributed by atoms with E-state index in [4.69, 9.17) is 0 Å². The molecule has 108 valence electrons. The molecule has 4 rings (SSSR count). The lowest BCUT2D eigenvalue weighted by atomic mass is 10.1. The molecule has 7 heteroatoms. The van der Waals surface area contributed by atoms with Gasteiger partial charge in [0, 0.05) is 31.4 Å². The van der Waals surface area contributed by atoms with Crippen molar-refractivity contribution in [3.8, 4) is 0 Å². The molecule has 0 aliphatic carbocycles. The minimum atomic E-state index is -1.04. The molecule has 1 unspecified atom stereocenters. The van der Waals surface area contributed by atoms with Crippen molar-refractivity contribution in [2.45, 2.75) is 19.2 Å². The molecule has 1 N–H and O–H groups in total. The van der Waals surface area contributed by atoms with E-state index in [9.17, 15) is 9.90 Å². The van der Waals surface area contributed by atoms with Crippen LogP contribution in [0.3, 0.4) is 0 Å². The quantitative estimate of drug-likeness (QED) is 0.816. The van der Waals surface area contributed by atoms with Gasteiger partial charge in [-0.2, -0.15) is 0 Å². The summed E-state index contributed by atoms with van der Waals surface area (Å²) in [6, 6.07) is 5.73. The molecule has 3 heterocycles. The second-order valence-corrected chi connectivity index (χ2v) is 5.41. The standard InChI is InChI=1S/C14H15N5O2/c1-17-11-6-9(2-3-10(11)13(20)14(17)21)18-4-5-19-8-15-16-12(19)7-18/h2-3,6,8,13,20H,4-5,7H2,1H3. The summed E-state index contributed by atoms with van der Waals surface area (Å²) in [5.41, 5.74) is 2.47. The van der Waals surface area contributed by atoms with Gasteiger partial charge in [0.15, 0.2) is 11.9 Å². The average Bonchev–Trinajstić information content (AvgIpc) is 3.06. The number of rotatable bonds is 1. The molecule has 0 spiro atoms. The van der Waals surface area contributed by atoms with Crippen molar-refractivity contribution < 1.29 is 9.90 Å². The maximum absolute atomic E-state index is 11.8. The summed E-state index contributed by atoms with van der Waals surface area (Å²) in [6.45, 7) is 2.40. The van der Waals surface area contributed by atoms with Crippen molar-refractivity contribution in [1.82, 2.24) is 14.8 Å². The Bertz CT molecular complexity index is 726. The van der Waals surface area contributed by atoms with Gasteiger partial charge in [0.1, 0.15) is 6.33 Å². The molecule has 1 aromatic carbocycles. The van der Waals surface area contributed by atoms with Crippen LogP contribution in [0.15, 0.2) is 24.5 Å². The first-order valence-corrected chi connectivity index (χ1v) is 6.86. The van der Waals surface area contributed by atoms with Gasteiger partial charge < -0.3 is 19.5 Å². The van der Waals surface area contributed by atoms with Crippen molar-refractivity contribution >= 4 is 17.3 Å². The predicted molar refractivity (Wildman–Crippen MR) is 75.9 cm³/mol. The van der Waals surface area contributed by atoms with E-state index < -0.39 is 6.10 Å². The fourth-order valence-electron chi connectivity index (χ4n) is 2.97. The van der Waals surface area contributed by atoms with E-state index >= 15 is 0 Å². The van der Waals surface area contributed by atoms with Gasteiger partial charge >= 0.3 is 0 Å². The Morgan fingerprint density at radius 1 is 1.33 bits per heavy atom. The lowest BCUT2D eigenvalue weighted by molar-refractivity contribution is -0.125. The molecular weight excluding hydrogens is 270 g/mol. The van der Waals surface area contributed by atoms with Gasteiger partial charge in [0.2, 0.25) is 0 Å². The van der Waals surface area contributed by atoms with Crippen LogP contribution >= 0.6 is 0 Å². The average molecular weight is 285 g/mol. The second kappa shape index (κ2) is 4.29. The third kappa shape index (κ3) is 1.74. The van der Waals surface area contributed by atoms with Crippen LogP contribution in [0, 0.1) is 0 Å². The molecule has 0 saturated carbocycles. The minimum absolute atomic E-state index is 0.277. The molecule has 0 bridgehead atoms. The Morgan fingerprint density at radius 2 is 2.19 bits per heavy atom. The molecule has 7 nitrogen and oxygen atoms in total. The summed E-state index contributed by atoms with van der Waals surface area (Å²) < 4.78 is 2.04. The molecule has 1 atom stereocenters. The molecule has 2 aromatic rings. The molecular formula is C14H15N5O2. The SMILES string of the molecule is CN1C(=O)C(O)c2ccc(N3CCn4cnnc4C3)cc21. The lowest BCUT2D eigenvalue weighted by Gasteiger charge is -2.29. The summed E-state index contributed by atoms with van der Waals surface area (Å²) >= 11 is 0. The molecule has 0 saturated heterocycles. The molecule has 0 fully saturated rings. The minimum Gasteiger partial charge on any atom is -0.378 e. The first-order valence-electron chi connectivity index (χ1n) is 6.86.